The van der Waals surface area contributed by atoms with Gasteiger partial charge >= 0.3 is 0 Å². The van der Waals surface area contributed by atoms with E-state index >= 15 is 0 Å². The second kappa shape index (κ2) is 10.4. The first-order chi connectivity index (χ1) is 14.0. The van der Waals surface area contributed by atoms with Gasteiger partial charge in [-0.3, -0.25) is 0 Å². The molecular weight excluding hydrogens is 433 g/mol. The number of methoxy groups -OCH3 is 1. The molecule has 0 spiro atoms. The first-order valence-electron chi connectivity index (χ1n) is 9.55. The van der Waals surface area contributed by atoms with E-state index in [1.165, 1.54) is 17.7 Å². The van der Waals surface area contributed by atoms with E-state index in [1.54, 1.807) is 7.11 Å². The van der Waals surface area contributed by atoms with Crippen LogP contribution < -0.4 is 14.8 Å². The lowest BCUT2D eigenvalue weighted by Gasteiger charge is -2.15. The fraction of sp³-hybridized carbons (Fsp3) is 0.250. The molecule has 5 heteroatoms. The summed E-state index contributed by atoms with van der Waals surface area (Å²) in [6.07, 6.45) is 0.844. The first kappa shape index (κ1) is 21.3. The normalized spacial score (nSPS) is 10.8. The Bertz CT molecular complexity index is 944. The van der Waals surface area contributed by atoms with Crippen LogP contribution in [0.3, 0.4) is 0 Å². The minimum atomic E-state index is -0.205. The number of aryl methyl sites for hydroxylation is 1. The zero-order chi connectivity index (χ0) is 20.6. The van der Waals surface area contributed by atoms with Gasteiger partial charge < -0.3 is 14.8 Å². The van der Waals surface area contributed by atoms with Crippen LogP contribution in [0.5, 0.6) is 11.5 Å². The van der Waals surface area contributed by atoms with Gasteiger partial charge in [-0.15, -0.1) is 0 Å². The number of halogens is 2. The molecule has 0 atom stereocenters. The van der Waals surface area contributed by atoms with Crippen LogP contribution in [0.2, 0.25) is 0 Å². The molecule has 3 rings (SSSR count). The Morgan fingerprint density at radius 2 is 1.76 bits per heavy atom. The van der Waals surface area contributed by atoms with E-state index in [2.05, 4.69) is 40.3 Å². The average Bonchev–Trinajstić information content (AvgIpc) is 2.71. The third-order valence-corrected chi connectivity index (χ3v) is 5.18. The summed E-state index contributed by atoms with van der Waals surface area (Å²) in [4.78, 5) is 0. The van der Waals surface area contributed by atoms with Crippen molar-refractivity contribution in [1.29, 1.82) is 0 Å². The predicted molar refractivity (Wildman–Crippen MR) is 118 cm³/mol. The van der Waals surface area contributed by atoms with E-state index in [1.807, 2.05) is 36.4 Å². The molecular formula is C24H25BrFNO2. The molecule has 0 aromatic heterocycles. The summed E-state index contributed by atoms with van der Waals surface area (Å²) in [5.41, 5.74) is 4.53. The van der Waals surface area contributed by atoms with Crippen LogP contribution in [0.25, 0.3) is 0 Å². The molecule has 1 N–H and O–H groups in total. The van der Waals surface area contributed by atoms with Crippen LogP contribution in [0.4, 0.5) is 4.39 Å². The highest BCUT2D eigenvalue weighted by Gasteiger charge is 2.12. The standard InChI is InChI=1S/C24H25BrFNO2/c1-17-4-3-5-19(12-17)16-29-24-22(25)13-20(14-23(24)28-2)15-27-11-10-18-6-8-21(26)9-7-18/h3-9,12-14,27H,10-11,15-16H2,1-2H3. The summed E-state index contributed by atoms with van der Waals surface area (Å²) in [5, 5.41) is 3.42. The molecule has 0 saturated heterocycles. The van der Waals surface area contributed by atoms with Crippen LogP contribution in [-0.2, 0) is 19.6 Å². The molecule has 0 bridgehead atoms. The molecule has 0 unspecified atom stereocenters. The molecule has 0 heterocycles. The number of hydrogen-bond acceptors (Lipinski definition) is 3. The highest BCUT2D eigenvalue weighted by Crippen LogP contribution is 2.37. The fourth-order valence-electron chi connectivity index (χ4n) is 3.09. The number of benzene rings is 3. The zero-order valence-corrected chi connectivity index (χ0v) is 18.3. The van der Waals surface area contributed by atoms with Crippen molar-refractivity contribution in [2.45, 2.75) is 26.5 Å². The summed E-state index contributed by atoms with van der Waals surface area (Å²) in [5.74, 6) is 1.19. The topological polar surface area (TPSA) is 30.5 Å². The minimum absolute atomic E-state index is 0.205. The Labute approximate surface area is 180 Å². The molecule has 0 fully saturated rings. The van der Waals surface area contributed by atoms with Crippen molar-refractivity contribution in [3.05, 3.63) is 93.2 Å². The van der Waals surface area contributed by atoms with Gasteiger partial charge in [0.05, 0.1) is 11.6 Å². The SMILES string of the molecule is COc1cc(CNCCc2ccc(F)cc2)cc(Br)c1OCc1cccc(C)c1. The van der Waals surface area contributed by atoms with Crippen LogP contribution in [0.15, 0.2) is 65.1 Å². The Balaban J connectivity index is 1.57. The first-order valence-corrected chi connectivity index (χ1v) is 10.3. The fourth-order valence-corrected chi connectivity index (χ4v) is 3.69. The van der Waals surface area contributed by atoms with E-state index < -0.39 is 0 Å². The lowest BCUT2D eigenvalue weighted by atomic mass is 10.1. The molecule has 3 aromatic carbocycles. The number of rotatable bonds is 9. The third kappa shape index (κ3) is 6.31. The van der Waals surface area contributed by atoms with E-state index in [4.69, 9.17) is 9.47 Å². The van der Waals surface area contributed by atoms with Crippen LogP contribution in [0.1, 0.15) is 22.3 Å². The molecule has 0 aliphatic carbocycles. The molecule has 0 aliphatic heterocycles. The molecule has 3 aromatic rings. The minimum Gasteiger partial charge on any atom is -0.493 e. The summed E-state index contributed by atoms with van der Waals surface area (Å²) in [7, 11) is 1.65. The molecule has 152 valence electrons. The lowest BCUT2D eigenvalue weighted by molar-refractivity contribution is 0.282. The maximum atomic E-state index is 13.0. The van der Waals surface area contributed by atoms with Crippen LogP contribution in [0, 0.1) is 12.7 Å². The smallest absolute Gasteiger partial charge is 0.175 e. The largest absolute Gasteiger partial charge is 0.493 e. The van der Waals surface area contributed by atoms with Crippen molar-refractivity contribution in [2.75, 3.05) is 13.7 Å². The van der Waals surface area contributed by atoms with Crippen molar-refractivity contribution in [1.82, 2.24) is 5.32 Å². The highest BCUT2D eigenvalue weighted by atomic mass is 79.9. The summed E-state index contributed by atoms with van der Waals surface area (Å²) >= 11 is 3.61. The van der Waals surface area contributed by atoms with Crippen molar-refractivity contribution in [3.63, 3.8) is 0 Å². The maximum Gasteiger partial charge on any atom is 0.175 e. The van der Waals surface area contributed by atoms with Crippen molar-refractivity contribution in [2.24, 2.45) is 0 Å². The second-order valence-corrected chi connectivity index (χ2v) is 7.79. The Morgan fingerprint density at radius 3 is 2.48 bits per heavy atom. The summed E-state index contributed by atoms with van der Waals surface area (Å²) in [6, 6.07) is 18.9. The van der Waals surface area contributed by atoms with Gasteiger partial charge in [0.25, 0.3) is 0 Å². The van der Waals surface area contributed by atoms with Gasteiger partial charge in [0.2, 0.25) is 0 Å². The van der Waals surface area contributed by atoms with E-state index in [0.717, 1.165) is 34.1 Å². The van der Waals surface area contributed by atoms with Gasteiger partial charge in [-0.2, -0.15) is 0 Å². The Morgan fingerprint density at radius 1 is 0.966 bits per heavy atom. The van der Waals surface area contributed by atoms with E-state index in [9.17, 15) is 4.39 Å². The average molecular weight is 458 g/mol. The molecule has 3 nitrogen and oxygen atoms in total. The number of hydrogen-bond donors (Lipinski definition) is 1. The van der Waals surface area contributed by atoms with Crippen molar-refractivity contribution < 1.29 is 13.9 Å². The van der Waals surface area contributed by atoms with Crippen LogP contribution >= 0.6 is 15.9 Å². The van der Waals surface area contributed by atoms with Crippen molar-refractivity contribution in [3.8, 4) is 11.5 Å². The molecule has 0 aliphatic rings. The third-order valence-electron chi connectivity index (χ3n) is 4.59. The van der Waals surface area contributed by atoms with Crippen LogP contribution in [-0.4, -0.2) is 13.7 Å². The number of ether oxygens (including phenoxy) is 2. The monoisotopic (exact) mass is 457 g/mol. The van der Waals surface area contributed by atoms with Gasteiger partial charge in [0, 0.05) is 6.54 Å². The van der Waals surface area contributed by atoms with Gasteiger partial charge in [0.15, 0.2) is 11.5 Å². The number of nitrogens with one attached hydrogen (secondary N) is 1. The molecule has 0 amide bonds. The van der Waals surface area contributed by atoms with Gasteiger partial charge in [-0.25, -0.2) is 4.39 Å². The Kier molecular flexibility index (Phi) is 7.67. The second-order valence-electron chi connectivity index (χ2n) is 6.94. The Hall–Kier alpha value is -2.37. The summed E-state index contributed by atoms with van der Waals surface area (Å²) in [6.45, 7) is 4.05. The lowest BCUT2D eigenvalue weighted by Crippen LogP contribution is -2.16. The molecule has 29 heavy (non-hydrogen) atoms. The van der Waals surface area contributed by atoms with Crippen molar-refractivity contribution >= 4 is 15.9 Å². The zero-order valence-electron chi connectivity index (χ0n) is 16.7. The molecule has 0 radical (unpaired) electrons. The van der Waals surface area contributed by atoms with Gasteiger partial charge in [-0.1, -0.05) is 42.0 Å². The molecule has 0 saturated carbocycles. The quantitative estimate of drug-likeness (QED) is 0.410. The van der Waals surface area contributed by atoms with Gasteiger partial charge in [-0.05, 0) is 76.8 Å². The highest BCUT2D eigenvalue weighted by molar-refractivity contribution is 9.10. The van der Waals surface area contributed by atoms with E-state index in [0.29, 0.717) is 24.7 Å². The van der Waals surface area contributed by atoms with E-state index in [-0.39, 0.29) is 5.82 Å². The maximum absolute atomic E-state index is 13.0. The summed E-state index contributed by atoms with van der Waals surface area (Å²) < 4.78 is 25.4. The van der Waals surface area contributed by atoms with Gasteiger partial charge in [0.1, 0.15) is 12.4 Å². The predicted octanol–water partition coefficient (Wildman–Crippen LogP) is 5.82.